The molecule has 8 heavy (non-hydrogen) atoms. The highest BCUT2D eigenvalue weighted by molar-refractivity contribution is 6.20. The number of hydrogen-bond donors (Lipinski definition) is 2. The summed E-state index contributed by atoms with van der Waals surface area (Å²) in [6.45, 7) is 1.59. The molecule has 0 aromatic rings. The summed E-state index contributed by atoms with van der Waals surface area (Å²) >= 11 is 5.35. The number of aliphatic carboxylic acids is 1. The Hall–Kier alpha value is -0.280. The lowest BCUT2D eigenvalue weighted by atomic mass is 10.6. The highest BCUT2D eigenvalue weighted by atomic mass is 35.5. The van der Waals surface area contributed by atoms with Crippen LogP contribution in [0.15, 0.2) is 0 Å². The first-order valence-electron chi connectivity index (χ1n) is 2.22. The van der Waals surface area contributed by atoms with Crippen molar-refractivity contribution in [1.29, 1.82) is 0 Å². The number of rotatable bonds is 3. The van der Waals surface area contributed by atoms with Gasteiger partial charge in [-0.3, -0.25) is 10.1 Å². The minimum absolute atomic E-state index is 0.0787. The summed E-state index contributed by atoms with van der Waals surface area (Å²) in [5.74, 6) is -0.891. The van der Waals surface area contributed by atoms with Crippen molar-refractivity contribution >= 4 is 17.6 Å². The fourth-order valence-corrected chi connectivity index (χ4v) is 0.305. The van der Waals surface area contributed by atoms with Gasteiger partial charge in [0.1, 0.15) is 0 Å². The molecule has 2 N–H and O–H groups in total. The molecule has 3 nitrogen and oxygen atoms in total. The molecule has 0 spiro atoms. The molecular formula is C4H8ClNO2. The fourth-order valence-electron chi connectivity index (χ4n) is 0.228. The number of halogens is 1. The standard InChI is InChI=1S/C4H8ClNO2/c1-3(5)6-2-4(7)8/h3,6H,2H2,1H3,(H,7,8). The van der Waals surface area contributed by atoms with Gasteiger partial charge in [-0.05, 0) is 6.92 Å². The van der Waals surface area contributed by atoms with E-state index in [0.29, 0.717) is 0 Å². The molecule has 0 saturated carbocycles. The van der Waals surface area contributed by atoms with Crippen LogP contribution < -0.4 is 5.32 Å². The number of hydrogen-bond acceptors (Lipinski definition) is 2. The number of carbonyl (C=O) groups is 1. The molecule has 0 rings (SSSR count). The van der Waals surface area contributed by atoms with Gasteiger partial charge in [0.05, 0.1) is 12.0 Å². The quantitative estimate of drug-likeness (QED) is 0.433. The summed E-state index contributed by atoms with van der Waals surface area (Å²) in [5.41, 5.74) is -0.272. The van der Waals surface area contributed by atoms with E-state index in [4.69, 9.17) is 16.7 Å². The summed E-state index contributed by atoms with van der Waals surface area (Å²) in [4.78, 5) is 9.78. The van der Waals surface area contributed by atoms with Crippen LogP contribution in [-0.2, 0) is 4.79 Å². The maximum Gasteiger partial charge on any atom is 0.317 e. The first kappa shape index (κ1) is 7.72. The SMILES string of the molecule is CC(Cl)NCC(=O)O. The third-order valence-corrected chi connectivity index (χ3v) is 0.689. The van der Waals surface area contributed by atoms with Gasteiger partial charge < -0.3 is 5.11 Å². The maximum atomic E-state index is 9.78. The third-order valence-electron chi connectivity index (χ3n) is 0.535. The second kappa shape index (κ2) is 3.69. The molecule has 0 aliphatic carbocycles. The van der Waals surface area contributed by atoms with Crippen molar-refractivity contribution in [3.63, 3.8) is 0 Å². The van der Waals surface area contributed by atoms with Crippen LogP contribution in [0.5, 0.6) is 0 Å². The van der Waals surface area contributed by atoms with Gasteiger partial charge in [0.15, 0.2) is 0 Å². The Kier molecular flexibility index (Phi) is 3.56. The molecule has 0 aliphatic rings. The van der Waals surface area contributed by atoms with Crippen molar-refractivity contribution < 1.29 is 9.90 Å². The molecule has 0 bridgehead atoms. The summed E-state index contributed by atoms with van der Waals surface area (Å²) in [7, 11) is 0. The van der Waals surface area contributed by atoms with E-state index < -0.39 is 5.97 Å². The lowest BCUT2D eigenvalue weighted by molar-refractivity contribution is -0.136. The molecule has 4 heteroatoms. The lowest BCUT2D eigenvalue weighted by Gasteiger charge is -1.99. The van der Waals surface area contributed by atoms with Gasteiger partial charge in [0.25, 0.3) is 0 Å². The number of carboxylic acid groups (broad SMARTS) is 1. The molecular weight excluding hydrogens is 130 g/mol. The van der Waals surface area contributed by atoms with E-state index in [2.05, 4.69) is 5.32 Å². The monoisotopic (exact) mass is 137 g/mol. The van der Waals surface area contributed by atoms with Crippen LogP contribution in [0, 0.1) is 0 Å². The average molecular weight is 138 g/mol. The van der Waals surface area contributed by atoms with E-state index >= 15 is 0 Å². The van der Waals surface area contributed by atoms with Crippen LogP contribution >= 0.6 is 11.6 Å². The molecule has 0 radical (unpaired) electrons. The van der Waals surface area contributed by atoms with E-state index in [0.717, 1.165) is 0 Å². The topological polar surface area (TPSA) is 49.3 Å². The molecule has 0 amide bonds. The van der Waals surface area contributed by atoms with Crippen molar-refractivity contribution in [2.75, 3.05) is 6.54 Å². The smallest absolute Gasteiger partial charge is 0.317 e. The number of alkyl halides is 1. The predicted molar refractivity (Wildman–Crippen MR) is 31.0 cm³/mol. The van der Waals surface area contributed by atoms with Crippen LogP contribution in [0.4, 0.5) is 0 Å². The highest BCUT2D eigenvalue weighted by Gasteiger charge is 1.97. The van der Waals surface area contributed by atoms with Gasteiger partial charge in [-0.25, -0.2) is 0 Å². The lowest BCUT2D eigenvalue weighted by Crippen LogP contribution is -2.27. The zero-order chi connectivity index (χ0) is 6.57. The highest BCUT2D eigenvalue weighted by Crippen LogP contribution is 1.83. The van der Waals surface area contributed by atoms with Gasteiger partial charge in [0, 0.05) is 0 Å². The molecule has 0 saturated heterocycles. The third kappa shape index (κ3) is 5.72. The molecule has 1 atom stereocenters. The largest absolute Gasteiger partial charge is 0.480 e. The Bertz CT molecular complexity index is 84.1. The molecule has 0 aliphatic heterocycles. The number of carboxylic acids is 1. The van der Waals surface area contributed by atoms with E-state index in [1.54, 1.807) is 6.92 Å². The second-order valence-electron chi connectivity index (χ2n) is 1.39. The second-order valence-corrected chi connectivity index (χ2v) is 2.05. The van der Waals surface area contributed by atoms with Gasteiger partial charge >= 0.3 is 5.97 Å². The Balaban J connectivity index is 3.05. The van der Waals surface area contributed by atoms with Crippen LogP contribution in [0.1, 0.15) is 6.92 Å². The summed E-state index contributed by atoms with van der Waals surface area (Å²) in [6, 6.07) is 0. The predicted octanol–water partition coefficient (Wildman–Crippen LogP) is 0.245. The molecule has 0 aromatic heterocycles. The zero-order valence-corrected chi connectivity index (χ0v) is 5.27. The van der Waals surface area contributed by atoms with Crippen LogP contribution in [0.25, 0.3) is 0 Å². The molecule has 0 aromatic carbocycles. The number of nitrogens with one attached hydrogen (secondary N) is 1. The Labute approximate surface area is 52.6 Å². The first-order valence-corrected chi connectivity index (χ1v) is 2.66. The van der Waals surface area contributed by atoms with Crippen LogP contribution in [0.2, 0.25) is 0 Å². The van der Waals surface area contributed by atoms with Crippen LogP contribution in [-0.4, -0.2) is 23.1 Å². The van der Waals surface area contributed by atoms with Gasteiger partial charge in [-0.2, -0.15) is 0 Å². The van der Waals surface area contributed by atoms with E-state index in [-0.39, 0.29) is 12.0 Å². The van der Waals surface area contributed by atoms with Crippen molar-refractivity contribution in [2.24, 2.45) is 0 Å². The maximum absolute atomic E-state index is 9.78. The van der Waals surface area contributed by atoms with E-state index in [9.17, 15) is 4.79 Å². The minimum Gasteiger partial charge on any atom is -0.480 e. The normalized spacial score (nSPS) is 13.2. The van der Waals surface area contributed by atoms with Crippen molar-refractivity contribution in [1.82, 2.24) is 5.32 Å². The molecule has 1 unspecified atom stereocenters. The van der Waals surface area contributed by atoms with Gasteiger partial charge in [-0.15, -0.1) is 11.6 Å². The summed E-state index contributed by atoms with van der Waals surface area (Å²) < 4.78 is 0. The Morgan fingerprint density at radius 3 is 2.62 bits per heavy atom. The van der Waals surface area contributed by atoms with Crippen molar-refractivity contribution in [3.8, 4) is 0 Å². The summed E-state index contributed by atoms with van der Waals surface area (Å²) in [6.07, 6.45) is 0. The molecule has 48 valence electrons. The van der Waals surface area contributed by atoms with Crippen molar-refractivity contribution in [3.05, 3.63) is 0 Å². The average Bonchev–Trinajstić information content (AvgIpc) is 1.61. The van der Waals surface area contributed by atoms with Gasteiger partial charge in [0.2, 0.25) is 0 Å². The van der Waals surface area contributed by atoms with E-state index in [1.807, 2.05) is 0 Å². The zero-order valence-electron chi connectivity index (χ0n) is 4.52. The van der Waals surface area contributed by atoms with Gasteiger partial charge in [-0.1, -0.05) is 0 Å². The fraction of sp³-hybridized carbons (Fsp3) is 0.750. The van der Waals surface area contributed by atoms with Crippen molar-refractivity contribution in [2.45, 2.75) is 12.4 Å². The Morgan fingerprint density at radius 1 is 2.00 bits per heavy atom. The Morgan fingerprint density at radius 2 is 2.50 bits per heavy atom. The molecule has 0 heterocycles. The van der Waals surface area contributed by atoms with Crippen LogP contribution in [0.3, 0.4) is 0 Å². The summed E-state index contributed by atoms with van der Waals surface area (Å²) in [5, 5.41) is 10.6. The minimum atomic E-state index is -0.891. The first-order chi connectivity index (χ1) is 3.63. The van der Waals surface area contributed by atoms with E-state index in [1.165, 1.54) is 0 Å². The molecule has 0 fully saturated rings.